The molecular weight excluding hydrogens is 132 g/mol. The van der Waals surface area contributed by atoms with E-state index in [4.69, 9.17) is 5.11 Å². The van der Waals surface area contributed by atoms with Gasteiger partial charge in [-0.15, -0.1) is 0 Å². The van der Waals surface area contributed by atoms with Gasteiger partial charge in [0.1, 0.15) is 5.60 Å². The molecule has 0 aromatic rings. The summed E-state index contributed by atoms with van der Waals surface area (Å²) < 4.78 is 0. The number of ketones is 1. The van der Waals surface area contributed by atoms with Crippen LogP contribution in [0.5, 0.6) is 0 Å². The number of aliphatic hydroxyl groups is 2. The van der Waals surface area contributed by atoms with Gasteiger partial charge in [0.15, 0.2) is 5.76 Å². The van der Waals surface area contributed by atoms with Crippen LogP contribution in [0.1, 0.15) is 6.92 Å². The Kier molecular flexibility index (Phi) is 1.37. The average molecular weight is 140 g/mol. The van der Waals surface area contributed by atoms with Gasteiger partial charge in [0, 0.05) is 0 Å². The van der Waals surface area contributed by atoms with Crippen molar-refractivity contribution in [3.05, 3.63) is 24.0 Å². The maximum Gasteiger partial charge on any atom is 0.219 e. The van der Waals surface area contributed by atoms with Crippen LogP contribution in [0.4, 0.5) is 0 Å². The predicted octanol–water partition coefficient (Wildman–Crippen LogP) is 0.318. The molecule has 0 spiro atoms. The molecule has 3 nitrogen and oxygen atoms in total. The largest absolute Gasteiger partial charge is 0.504 e. The van der Waals surface area contributed by atoms with Crippen LogP contribution in [0.15, 0.2) is 24.0 Å². The zero-order valence-electron chi connectivity index (χ0n) is 5.53. The first-order chi connectivity index (χ1) is 4.51. The third kappa shape index (κ3) is 1.25. The normalized spacial score (nSPS) is 32.2. The lowest BCUT2D eigenvalue weighted by Crippen LogP contribution is -2.23. The van der Waals surface area contributed by atoms with E-state index in [-0.39, 0.29) is 0 Å². The van der Waals surface area contributed by atoms with Crippen LogP contribution >= 0.6 is 0 Å². The van der Waals surface area contributed by atoms with Crippen molar-refractivity contribution in [2.24, 2.45) is 0 Å². The zero-order valence-corrected chi connectivity index (χ0v) is 5.53. The Hall–Kier alpha value is -1.09. The first-order valence-electron chi connectivity index (χ1n) is 2.89. The van der Waals surface area contributed by atoms with E-state index in [0.29, 0.717) is 0 Å². The van der Waals surface area contributed by atoms with Crippen LogP contribution in [-0.4, -0.2) is 21.6 Å². The van der Waals surface area contributed by atoms with E-state index in [2.05, 4.69) is 0 Å². The molecule has 0 saturated carbocycles. The third-order valence-electron chi connectivity index (χ3n) is 1.25. The Balaban J connectivity index is 2.95. The molecule has 0 heterocycles. The molecule has 0 aromatic carbocycles. The highest BCUT2D eigenvalue weighted by Crippen LogP contribution is 2.15. The monoisotopic (exact) mass is 140 g/mol. The standard InChI is InChI=1S/C7H8O3/c1-7(10)3-2-5(8)6(9)4-7/h2-4,9-10H,1H3/t7-/m0/s1. The molecule has 0 radical (unpaired) electrons. The van der Waals surface area contributed by atoms with Crippen molar-refractivity contribution in [3.63, 3.8) is 0 Å². The topological polar surface area (TPSA) is 57.5 Å². The summed E-state index contributed by atoms with van der Waals surface area (Å²) in [4.78, 5) is 10.6. The second-order valence-electron chi connectivity index (χ2n) is 2.45. The fourth-order valence-electron chi connectivity index (χ4n) is 0.726. The molecule has 0 aliphatic heterocycles. The molecular formula is C7H8O3. The van der Waals surface area contributed by atoms with Crippen molar-refractivity contribution >= 4 is 5.78 Å². The molecule has 0 aromatic heterocycles. The van der Waals surface area contributed by atoms with E-state index in [1.54, 1.807) is 0 Å². The Labute approximate surface area is 58.3 Å². The zero-order chi connectivity index (χ0) is 7.78. The second-order valence-corrected chi connectivity index (χ2v) is 2.45. The molecule has 1 atom stereocenters. The molecule has 3 heteroatoms. The van der Waals surface area contributed by atoms with Gasteiger partial charge in [0.25, 0.3) is 0 Å². The molecule has 1 aliphatic rings. The lowest BCUT2D eigenvalue weighted by molar-refractivity contribution is -0.114. The Morgan fingerprint density at radius 1 is 1.60 bits per heavy atom. The fraction of sp³-hybridized carbons (Fsp3) is 0.286. The van der Waals surface area contributed by atoms with Crippen molar-refractivity contribution in [2.45, 2.75) is 12.5 Å². The van der Waals surface area contributed by atoms with E-state index in [0.717, 1.165) is 12.2 Å². The maximum atomic E-state index is 10.6. The van der Waals surface area contributed by atoms with Gasteiger partial charge >= 0.3 is 0 Å². The number of allylic oxidation sites excluding steroid dienone is 1. The van der Waals surface area contributed by atoms with E-state index >= 15 is 0 Å². The van der Waals surface area contributed by atoms with Gasteiger partial charge in [0.2, 0.25) is 5.78 Å². The Bertz CT molecular complexity index is 223. The van der Waals surface area contributed by atoms with Gasteiger partial charge in [-0.1, -0.05) is 0 Å². The van der Waals surface area contributed by atoms with E-state index < -0.39 is 17.1 Å². The van der Waals surface area contributed by atoms with Crippen LogP contribution in [0.3, 0.4) is 0 Å². The van der Waals surface area contributed by atoms with Gasteiger partial charge in [-0.25, -0.2) is 0 Å². The predicted molar refractivity (Wildman–Crippen MR) is 35.5 cm³/mol. The lowest BCUT2D eigenvalue weighted by Gasteiger charge is -2.16. The molecule has 0 saturated heterocycles. The molecule has 1 rings (SSSR count). The highest BCUT2D eigenvalue weighted by atomic mass is 16.3. The van der Waals surface area contributed by atoms with Crippen LogP contribution in [0.25, 0.3) is 0 Å². The number of aliphatic hydroxyl groups excluding tert-OH is 1. The van der Waals surface area contributed by atoms with Crippen molar-refractivity contribution in [1.82, 2.24) is 0 Å². The number of rotatable bonds is 0. The fourth-order valence-corrected chi connectivity index (χ4v) is 0.726. The summed E-state index contributed by atoms with van der Waals surface area (Å²) in [6.45, 7) is 1.48. The SMILES string of the molecule is C[C@]1(O)C=CC(=O)C(O)=C1. The number of hydrogen-bond acceptors (Lipinski definition) is 3. The Morgan fingerprint density at radius 3 is 2.60 bits per heavy atom. The summed E-state index contributed by atoms with van der Waals surface area (Å²) in [7, 11) is 0. The lowest BCUT2D eigenvalue weighted by atomic mass is 9.99. The van der Waals surface area contributed by atoms with Gasteiger partial charge in [-0.2, -0.15) is 0 Å². The van der Waals surface area contributed by atoms with Crippen molar-refractivity contribution in [1.29, 1.82) is 0 Å². The van der Waals surface area contributed by atoms with Crippen LogP contribution in [0, 0.1) is 0 Å². The van der Waals surface area contributed by atoms with E-state index in [1.807, 2.05) is 0 Å². The second kappa shape index (κ2) is 1.95. The van der Waals surface area contributed by atoms with E-state index in [9.17, 15) is 9.90 Å². The highest BCUT2D eigenvalue weighted by Gasteiger charge is 2.21. The maximum absolute atomic E-state index is 10.6. The quantitative estimate of drug-likeness (QED) is 0.509. The Morgan fingerprint density at radius 2 is 2.20 bits per heavy atom. The summed E-state index contributed by atoms with van der Waals surface area (Å²) in [5, 5.41) is 18.0. The van der Waals surface area contributed by atoms with Crippen LogP contribution < -0.4 is 0 Å². The van der Waals surface area contributed by atoms with Crippen LogP contribution in [-0.2, 0) is 4.79 Å². The minimum absolute atomic E-state index is 0.396. The third-order valence-corrected chi connectivity index (χ3v) is 1.25. The highest BCUT2D eigenvalue weighted by molar-refractivity contribution is 6.03. The molecule has 0 unspecified atom stereocenters. The summed E-state index contributed by atoms with van der Waals surface area (Å²) in [5.74, 6) is -0.862. The number of carbonyl (C=O) groups is 1. The van der Waals surface area contributed by atoms with Crippen molar-refractivity contribution in [3.8, 4) is 0 Å². The van der Waals surface area contributed by atoms with Gasteiger partial charge in [0.05, 0.1) is 0 Å². The molecule has 0 fully saturated rings. The van der Waals surface area contributed by atoms with Crippen LogP contribution in [0.2, 0.25) is 0 Å². The summed E-state index contributed by atoms with van der Waals surface area (Å²) in [6, 6.07) is 0. The van der Waals surface area contributed by atoms with Gasteiger partial charge in [-0.05, 0) is 25.2 Å². The van der Waals surface area contributed by atoms with E-state index in [1.165, 1.54) is 13.0 Å². The molecule has 10 heavy (non-hydrogen) atoms. The van der Waals surface area contributed by atoms with Crippen molar-refractivity contribution in [2.75, 3.05) is 0 Å². The minimum atomic E-state index is -1.18. The summed E-state index contributed by atoms with van der Waals surface area (Å²) in [5.41, 5.74) is -1.18. The number of carbonyl (C=O) groups excluding carboxylic acids is 1. The smallest absolute Gasteiger partial charge is 0.219 e. The first kappa shape index (κ1) is 7.02. The molecule has 0 bridgehead atoms. The number of hydrogen-bond donors (Lipinski definition) is 2. The van der Waals surface area contributed by atoms with Gasteiger partial charge in [-0.3, -0.25) is 4.79 Å². The first-order valence-corrected chi connectivity index (χ1v) is 2.89. The molecule has 0 amide bonds. The molecule has 54 valence electrons. The minimum Gasteiger partial charge on any atom is -0.504 e. The van der Waals surface area contributed by atoms with Gasteiger partial charge < -0.3 is 10.2 Å². The molecule has 1 aliphatic carbocycles. The summed E-state index contributed by atoms with van der Waals surface area (Å²) >= 11 is 0. The molecule has 2 N–H and O–H groups in total. The van der Waals surface area contributed by atoms with Crippen molar-refractivity contribution < 1.29 is 15.0 Å². The average Bonchev–Trinajstić information content (AvgIpc) is 1.79. The summed E-state index contributed by atoms with van der Waals surface area (Å²) in [6.07, 6.45) is 3.58.